The van der Waals surface area contributed by atoms with Gasteiger partial charge >= 0.3 is 6.03 Å². The van der Waals surface area contributed by atoms with Gasteiger partial charge in [-0.15, -0.1) is 11.8 Å². The second-order valence-corrected chi connectivity index (χ2v) is 8.31. The van der Waals surface area contributed by atoms with Crippen molar-refractivity contribution < 1.29 is 9.59 Å². The summed E-state index contributed by atoms with van der Waals surface area (Å²) >= 11 is 1.69. The summed E-state index contributed by atoms with van der Waals surface area (Å²) in [7, 11) is 0. The zero-order chi connectivity index (χ0) is 17.2. The minimum atomic E-state index is 0.00162. The van der Waals surface area contributed by atoms with Gasteiger partial charge in [0.1, 0.15) is 0 Å². The van der Waals surface area contributed by atoms with Gasteiger partial charge in [0.2, 0.25) is 5.91 Å². The highest BCUT2D eigenvalue weighted by atomic mass is 32.2. The molecule has 0 N–H and O–H groups in total. The smallest absolute Gasteiger partial charge is 0.320 e. The van der Waals surface area contributed by atoms with Gasteiger partial charge in [0, 0.05) is 44.2 Å². The van der Waals surface area contributed by atoms with E-state index < -0.39 is 0 Å². The number of amides is 3. The van der Waals surface area contributed by atoms with Crippen molar-refractivity contribution >= 4 is 23.7 Å². The van der Waals surface area contributed by atoms with Crippen LogP contribution in [-0.2, 0) is 11.2 Å². The maximum absolute atomic E-state index is 12.8. The van der Waals surface area contributed by atoms with Crippen LogP contribution in [0.5, 0.6) is 0 Å². The highest BCUT2D eigenvalue weighted by molar-refractivity contribution is 8.01. The molecule has 3 aliphatic heterocycles. The maximum Gasteiger partial charge on any atom is 0.320 e. The molecule has 2 fully saturated rings. The van der Waals surface area contributed by atoms with Crippen molar-refractivity contribution in [2.24, 2.45) is 0 Å². The van der Waals surface area contributed by atoms with Gasteiger partial charge in [-0.2, -0.15) is 0 Å². The summed E-state index contributed by atoms with van der Waals surface area (Å²) in [6.07, 6.45) is 4.29. The molecule has 3 aliphatic rings. The van der Waals surface area contributed by atoms with Crippen LogP contribution in [0.25, 0.3) is 0 Å². The highest BCUT2D eigenvalue weighted by Crippen LogP contribution is 2.37. The van der Waals surface area contributed by atoms with Crippen LogP contribution in [0.1, 0.15) is 24.8 Å². The first kappa shape index (κ1) is 16.8. The fraction of sp³-hybridized carbons (Fsp3) is 0.579. The van der Waals surface area contributed by atoms with Gasteiger partial charge in [-0.3, -0.25) is 4.79 Å². The molecule has 3 heterocycles. The van der Waals surface area contributed by atoms with E-state index >= 15 is 0 Å². The molecule has 1 aromatic carbocycles. The van der Waals surface area contributed by atoms with Gasteiger partial charge in [0.15, 0.2) is 0 Å². The van der Waals surface area contributed by atoms with Gasteiger partial charge in [0.25, 0.3) is 0 Å². The number of nitrogens with zero attached hydrogens (tertiary/aromatic N) is 3. The van der Waals surface area contributed by atoms with Crippen LogP contribution in [0.3, 0.4) is 0 Å². The monoisotopic (exact) mass is 359 g/mol. The molecule has 1 atom stereocenters. The Hall–Kier alpha value is -1.69. The number of thioether (sulfide) groups is 1. The first-order chi connectivity index (χ1) is 12.2. The van der Waals surface area contributed by atoms with E-state index in [2.05, 4.69) is 12.1 Å². The summed E-state index contributed by atoms with van der Waals surface area (Å²) in [6.45, 7) is 4.40. The standard InChI is InChI=1S/C19H25N3O2S/c23-18(17-14-15-6-2-3-7-16(15)25-17)20-10-12-22(13-11-20)19(24)21-8-4-1-5-9-21/h2-3,6-7,17H,1,4-5,8-14H2. The zero-order valence-corrected chi connectivity index (χ0v) is 15.3. The Morgan fingerprint density at radius 1 is 0.840 bits per heavy atom. The summed E-state index contributed by atoms with van der Waals surface area (Å²) in [5.41, 5.74) is 1.28. The number of carbonyl (C=O) groups excluding carboxylic acids is 2. The predicted octanol–water partition coefficient (Wildman–Crippen LogP) is 2.45. The van der Waals surface area contributed by atoms with E-state index in [1.807, 2.05) is 26.8 Å². The van der Waals surface area contributed by atoms with Gasteiger partial charge in [-0.05, 0) is 37.3 Å². The average Bonchev–Trinajstić information content (AvgIpc) is 3.12. The lowest BCUT2D eigenvalue weighted by atomic mass is 10.1. The number of hydrogen-bond acceptors (Lipinski definition) is 3. The lowest BCUT2D eigenvalue weighted by molar-refractivity contribution is -0.132. The zero-order valence-electron chi connectivity index (χ0n) is 14.5. The molecule has 0 spiro atoms. The summed E-state index contributed by atoms with van der Waals surface area (Å²) in [5, 5.41) is 0.00162. The van der Waals surface area contributed by atoms with Crippen LogP contribution < -0.4 is 0 Å². The SMILES string of the molecule is O=C(C1Cc2ccccc2S1)N1CCN(C(=O)N2CCCCC2)CC1. The van der Waals surface area contributed by atoms with Crippen LogP contribution in [-0.4, -0.2) is 71.2 Å². The Kier molecular flexibility index (Phi) is 4.88. The molecule has 4 rings (SSSR count). The van der Waals surface area contributed by atoms with Crippen molar-refractivity contribution in [2.75, 3.05) is 39.3 Å². The average molecular weight is 359 g/mol. The van der Waals surface area contributed by atoms with E-state index in [-0.39, 0.29) is 17.2 Å². The quantitative estimate of drug-likeness (QED) is 0.774. The number of rotatable bonds is 1. The Balaban J connectivity index is 1.30. The topological polar surface area (TPSA) is 43.9 Å². The third-order valence-electron chi connectivity index (χ3n) is 5.41. The first-order valence-electron chi connectivity index (χ1n) is 9.29. The predicted molar refractivity (Wildman–Crippen MR) is 98.8 cm³/mol. The lowest BCUT2D eigenvalue weighted by Gasteiger charge is -2.39. The van der Waals surface area contributed by atoms with Crippen molar-refractivity contribution in [3.63, 3.8) is 0 Å². The van der Waals surface area contributed by atoms with Crippen LogP contribution >= 0.6 is 11.8 Å². The van der Waals surface area contributed by atoms with Gasteiger partial charge < -0.3 is 14.7 Å². The normalized spacial score (nSPS) is 23.5. The number of urea groups is 1. The molecule has 3 amide bonds. The molecule has 6 heteroatoms. The molecule has 1 unspecified atom stereocenters. The summed E-state index contributed by atoms with van der Waals surface area (Å²) < 4.78 is 0. The minimum Gasteiger partial charge on any atom is -0.338 e. The van der Waals surface area contributed by atoms with Crippen LogP contribution in [0.15, 0.2) is 29.2 Å². The molecule has 25 heavy (non-hydrogen) atoms. The van der Waals surface area contributed by atoms with E-state index in [1.54, 1.807) is 11.8 Å². The van der Waals surface area contributed by atoms with Gasteiger partial charge in [0.05, 0.1) is 5.25 Å². The van der Waals surface area contributed by atoms with Crippen molar-refractivity contribution in [3.8, 4) is 0 Å². The Morgan fingerprint density at radius 3 is 2.20 bits per heavy atom. The van der Waals surface area contributed by atoms with Crippen LogP contribution in [0.2, 0.25) is 0 Å². The number of fused-ring (bicyclic) bond motifs is 1. The van der Waals surface area contributed by atoms with Crippen molar-refractivity contribution in [1.29, 1.82) is 0 Å². The third kappa shape index (κ3) is 3.50. The van der Waals surface area contributed by atoms with Crippen LogP contribution in [0.4, 0.5) is 4.79 Å². The second-order valence-electron chi connectivity index (χ2n) is 7.06. The van der Waals surface area contributed by atoms with E-state index in [0.29, 0.717) is 26.2 Å². The third-order valence-corrected chi connectivity index (χ3v) is 6.72. The number of likely N-dealkylation sites (tertiary alicyclic amines) is 1. The highest BCUT2D eigenvalue weighted by Gasteiger charge is 2.34. The number of piperidine rings is 1. The number of carbonyl (C=O) groups is 2. The molecule has 5 nitrogen and oxygen atoms in total. The van der Waals surface area contributed by atoms with Crippen LogP contribution in [0, 0.1) is 0 Å². The summed E-state index contributed by atoms with van der Waals surface area (Å²) in [4.78, 5) is 32.5. The molecular weight excluding hydrogens is 334 g/mol. The van der Waals surface area contributed by atoms with E-state index in [4.69, 9.17) is 0 Å². The minimum absolute atomic E-state index is 0.00162. The number of benzene rings is 1. The van der Waals surface area contributed by atoms with Crippen molar-refractivity contribution in [2.45, 2.75) is 35.8 Å². The first-order valence-corrected chi connectivity index (χ1v) is 10.2. The summed E-state index contributed by atoms with van der Waals surface area (Å²) in [5.74, 6) is 0.228. The Morgan fingerprint density at radius 2 is 1.48 bits per heavy atom. The molecule has 0 bridgehead atoms. The van der Waals surface area contributed by atoms with Crippen molar-refractivity contribution in [3.05, 3.63) is 29.8 Å². The Bertz CT molecular complexity index is 627. The summed E-state index contributed by atoms with van der Waals surface area (Å²) in [6, 6.07) is 8.45. The molecular formula is C19H25N3O2S. The maximum atomic E-state index is 12.8. The molecule has 0 aromatic heterocycles. The fourth-order valence-electron chi connectivity index (χ4n) is 3.93. The van der Waals surface area contributed by atoms with Gasteiger partial charge in [-0.1, -0.05) is 18.2 Å². The lowest BCUT2D eigenvalue weighted by Crippen LogP contribution is -2.55. The van der Waals surface area contributed by atoms with E-state index in [0.717, 1.165) is 32.4 Å². The van der Waals surface area contributed by atoms with E-state index in [1.165, 1.54) is 16.9 Å². The molecule has 0 saturated carbocycles. The van der Waals surface area contributed by atoms with E-state index in [9.17, 15) is 9.59 Å². The molecule has 1 aromatic rings. The second kappa shape index (κ2) is 7.28. The van der Waals surface area contributed by atoms with Crippen molar-refractivity contribution in [1.82, 2.24) is 14.7 Å². The fourth-order valence-corrected chi connectivity index (χ4v) is 5.21. The van der Waals surface area contributed by atoms with Gasteiger partial charge in [-0.25, -0.2) is 4.79 Å². The number of piperazine rings is 1. The number of hydrogen-bond donors (Lipinski definition) is 0. The largest absolute Gasteiger partial charge is 0.338 e. The molecule has 2 saturated heterocycles. The molecule has 134 valence electrons. The Labute approximate surface area is 153 Å². The molecule has 0 aliphatic carbocycles. The molecule has 0 radical (unpaired) electrons.